The van der Waals surface area contributed by atoms with E-state index in [9.17, 15) is 5.11 Å². The molecule has 2 aromatic carbocycles. The summed E-state index contributed by atoms with van der Waals surface area (Å²) in [7, 11) is 0. The summed E-state index contributed by atoms with van der Waals surface area (Å²) in [4.78, 5) is 4.16. The molecule has 0 aliphatic heterocycles. The molecular weight excluding hydrogens is 384 g/mol. The molecule has 0 amide bonds. The van der Waals surface area contributed by atoms with Crippen LogP contribution in [0.3, 0.4) is 0 Å². The van der Waals surface area contributed by atoms with E-state index in [2.05, 4.69) is 45.6 Å². The second-order valence-electron chi connectivity index (χ2n) is 7.50. The van der Waals surface area contributed by atoms with Crippen LogP contribution in [0.1, 0.15) is 43.4 Å². The Morgan fingerprint density at radius 2 is 1.90 bits per heavy atom. The van der Waals surface area contributed by atoms with Crippen molar-refractivity contribution in [3.8, 4) is 0 Å². The normalized spacial score (nSPS) is 13.3. The molecule has 2 heterocycles. The van der Waals surface area contributed by atoms with Crippen molar-refractivity contribution in [3.63, 3.8) is 0 Å². The van der Waals surface area contributed by atoms with Crippen molar-refractivity contribution in [3.05, 3.63) is 72.2 Å². The maximum absolute atomic E-state index is 10.5. The number of fused-ring (bicyclic) bond motifs is 2. The highest BCUT2D eigenvalue weighted by molar-refractivity contribution is 5.85. The predicted octanol–water partition coefficient (Wildman–Crippen LogP) is 4.91. The predicted molar refractivity (Wildman–Crippen MR) is 120 cm³/mol. The Morgan fingerprint density at radius 1 is 1.00 bits per heavy atom. The largest absolute Gasteiger partial charge is 0.388 e. The monoisotopic (exact) mass is 410 g/mol. The first-order valence-electron chi connectivity index (χ1n) is 9.86. The smallest absolute Gasteiger partial charge is 0.0790 e. The molecule has 0 saturated heterocycles. The Labute approximate surface area is 177 Å². The second kappa shape index (κ2) is 9.83. The van der Waals surface area contributed by atoms with E-state index in [1.165, 1.54) is 16.3 Å². The number of benzene rings is 2. The number of aromatic amines is 1. The van der Waals surface area contributed by atoms with Crippen molar-refractivity contribution in [1.29, 1.82) is 0 Å². The third kappa shape index (κ3) is 5.32. The highest BCUT2D eigenvalue weighted by Crippen LogP contribution is 2.23. The first kappa shape index (κ1) is 21.2. The third-order valence-electron chi connectivity index (χ3n) is 5.32. The Bertz CT molecular complexity index is 1060. The number of rotatable bonds is 8. The fourth-order valence-corrected chi connectivity index (χ4v) is 3.59. The molecule has 29 heavy (non-hydrogen) atoms. The van der Waals surface area contributed by atoms with Gasteiger partial charge in [-0.3, -0.25) is 10.1 Å². The van der Waals surface area contributed by atoms with E-state index >= 15 is 0 Å². The van der Waals surface area contributed by atoms with E-state index in [1.807, 2.05) is 36.7 Å². The van der Waals surface area contributed by atoms with Gasteiger partial charge >= 0.3 is 0 Å². The molecule has 4 aromatic rings. The van der Waals surface area contributed by atoms with E-state index in [4.69, 9.17) is 0 Å². The summed E-state index contributed by atoms with van der Waals surface area (Å²) in [5, 5.41) is 24.5. The number of H-pyrrole nitrogens is 1. The summed E-state index contributed by atoms with van der Waals surface area (Å²) in [5.41, 5.74) is 3.23. The zero-order valence-electron chi connectivity index (χ0n) is 16.5. The molecule has 1 unspecified atom stereocenters. The van der Waals surface area contributed by atoms with Gasteiger partial charge in [-0.1, -0.05) is 18.2 Å². The number of nitrogens with one attached hydrogen (secondary N) is 2. The van der Waals surface area contributed by atoms with Crippen molar-refractivity contribution in [2.24, 2.45) is 0 Å². The first-order valence-corrected chi connectivity index (χ1v) is 9.86. The highest BCUT2D eigenvalue weighted by Gasteiger charge is 2.10. The van der Waals surface area contributed by atoms with E-state index in [-0.39, 0.29) is 12.4 Å². The minimum atomic E-state index is -0.430. The van der Waals surface area contributed by atoms with Crippen LogP contribution in [0, 0.1) is 0 Å². The summed E-state index contributed by atoms with van der Waals surface area (Å²) >= 11 is 0. The van der Waals surface area contributed by atoms with E-state index in [0.717, 1.165) is 42.3 Å². The number of aliphatic hydroxyl groups excluding tert-OH is 1. The number of aliphatic hydroxyl groups is 1. The number of hydrogen-bond acceptors (Lipinski definition) is 4. The molecule has 0 radical (unpaired) electrons. The number of aromatic nitrogens is 3. The molecule has 6 heteroatoms. The van der Waals surface area contributed by atoms with Crippen molar-refractivity contribution >= 4 is 34.1 Å². The number of halogens is 1. The van der Waals surface area contributed by atoms with Gasteiger partial charge in [-0.25, -0.2) is 0 Å². The molecule has 0 aliphatic carbocycles. The van der Waals surface area contributed by atoms with Crippen molar-refractivity contribution in [2.75, 3.05) is 0 Å². The maximum Gasteiger partial charge on any atom is 0.0790 e. The van der Waals surface area contributed by atoms with Gasteiger partial charge in [0, 0.05) is 35.8 Å². The summed E-state index contributed by atoms with van der Waals surface area (Å²) < 4.78 is 0. The zero-order chi connectivity index (χ0) is 19.3. The van der Waals surface area contributed by atoms with Gasteiger partial charge in [0.15, 0.2) is 0 Å². The molecule has 2 atom stereocenters. The van der Waals surface area contributed by atoms with E-state index in [1.54, 1.807) is 6.20 Å². The van der Waals surface area contributed by atoms with Gasteiger partial charge < -0.3 is 10.4 Å². The molecule has 0 fully saturated rings. The van der Waals surface area contributed by atoms with Gasteiger partial charge in [-0.15, -0.1) is 12.4 Å². The third-order valence-corrected chi connectivity index (χ3v) is 5.32. The van der Waals surface area contributed by atoms with Gasteiger partial charge in [-0.05, 0) is 67.0 Å². The Kier molecular flexibility index (Phi) is 7.20. The lowest BCUT2D eigenvalue weighted by Gasteiger charge is -2.16. The summed E-state index contributed by atoms with van der Waals surface area (Å²) in [6.07, 6.45) is 7.85. The quantitative estimate of drug-likeness (QED) is 0.385. The highest BCUT2D eigenvalue weighted by atomic mass is 35.5. The molecular formula is C23H27ClN4O. The van der Waals surface area contributed by atoms with Crippen LogP contribution in [0.2, 0.25) is 0 Å². The molecule has 4 rings (SSSR count). The van der Waals surface area contributed by atoms with Crippen LogP contribution in [0.4, 0.5) is 0 Å². The van der Waals surface area contributed by atoms with Crippen molar-refractivity contribution in [1.82, 2.24) is 20.5 Å². The van der Waals surface area contributed by atoms with Gasteiger partial charge in [0.05, 0.1) is 17.8 Å². The fourth-order valence-electron chi connectivity index (χ4n) is 3.59. The lowest BCUT2D eigenvalue weighted by molar-refractivity contribution is 0.162. The summed E-state index contributed by atoms with van der Waals surface area (Å²) in [6, 6.07) is 14.9. The van der Waals surface area contributed by atoms with E-state index < -0.39 is 6.10 Å². The van der Waals surface area contributed by atoms with Gasteiger partial charge in [0.25, 0.3) is 0 Å². The Morgan fingerprint density at radius 3 is 2.79 bits per heavy atom. The number of nitrogens with zero attached hydrogens (tertiary/aromatic N) is 2. The molecule has 3 N–H and O–H groups in total. The molecule has 5 nitrogen and oxygen atoms in total. The van der Waals surface area contributed by atoms with Gasteiger partial charge in [0.2, 0.25) is 0 Å². The van der Waals surface area contributed by atoms with Crippen LogP contribution in [-0.2, 0) is 6.54 Å². The van der Waals surface area contributed by atoms with Crippen LogP contribution < -0.4 is 5.32 Å². The minimum absolute atomic E-state index is 0. The van der Waals surface area contributed by atoms with Gasteiger partial charge in [-0.2, -0.15) is 5.10 Å². The minimum Gasteiger partial charge on any atom is -0.388 e. The second-order valence-corrected chi connectivity index (χ2v) is 7.50. The van der Waals surface area contributed by atoms with Crippen LogP contribution in [0.15, 0.2) is 61.1 Å². The lowest BCUT2D eigenvalue weighted by atomic mass is 10.0. The molecule has 152 valence electrons. The standard InChI is InChI=1S/C23H26N4O.ClH/c1-16(25-13-17-5-6-20-14-24-10-9-18(20)11-17)3-2-4-23(28)19-7-8-22-21(12-19)15-26-27-22;/h5-12,14-16,23,25,28H,2-4,13H2,1H3,(H,26,27);1H/t16-,23?;/m1./s1. The SMILES string of the molecule is C[C@H](CCCC(O)c1ccc2[nH]ncc2c1)NCc1ccc2cnccc2c1.Cl. The molecule has 0 saturated carbocycles. The van der Waals surface area contributed by atoms with Crippen LogP contribution in [-0.4, -0.2) is 26.3 Å². The van der Waals surface area contributed by atoms with Crippen molar-refractivity contribution in [2.45, 2.75) is 44.9 Å². The average molecular weight is 411 g/mol. The number of pyridine rings is 1. The zero-order valence-corrected chi connectivity index (χ0v) is 17.3. The lowest BCUT2D eigenvalue weighted by Crippen LogP contribution is -2.25. The average Bonchev–Trinajstić information content (AvgIpc) is 3.20. The fraction of sp³-hybridized carbons (Fsp3) is 0.304. The van der Waals surface area contributed by atoms with Gasteiger partial charge in [0.1, 0.15) is 0 Å². The maximum atomic E-state index is 10.5. The topological polar surface area (TPSA) is 73.8 Å². The summed E-state index contributed by atoms with van der Waals surface area (Å²) in [5.74, 6) is 0. The number of hydrogen-bond donors (Lipinski definition) is 3. The Hall–Kier alpha value is -2.47. The molecule has 0 spiro atoms. The first-order chi connectivity index (χ1) is 13.7. The van der Waals surface area contributed by atoms with Crippen LogP contribution in [0.25, 0.3) is 21.7 Å². The van der Waals surface area contributed by atoms with E-state index in [0.29, 0.717) is 6.04 Å². The van der Waals surface area contributed by atoms with Crippen molar-refractivity contribution < 1.29 is 5.11 Å². The van der Waals surface area contributed by atoms with Crippen LogP contribution >= 0.6 is 12.4 Å². The molecule has 2 aromatic heterocycles. The summed E-state index contributed by atoms with van der Waals surface area (Å²) in [6.45, 7) is 3.05. The van der Waals surface area contributed by atoms with Crippen LogP contribution in [0.5, 0.6) is 0 Å². The molecule has 0 aliphatic rings. The Balaban J connectivity index is 0.00000240. The molecule has 0 bridgehead atoms.